The summed E-state index contributed by atoms with van der Waals surface area (Å²) in [6, 6.07) is 0. The third kappa shape index (κ3) is 2.91. The molecular formula is C3H3BrF3. The van der Waals surface area contributed by atoms with E-state index in [2.05, 4.69) is 22.9 Å². The van der Waals surface area contributed by atoms with Crippen molar-refractivity contribution in [3.05, 3.63) is 6.92 Å². The van der Waals surface area contributed by atoms with Crippen LogP contribution in [0.5, 0.6) is 0 Å². The van der Waals surface area contributed by atoms with Crippen molar-refractivity contribution in [3.63, 3.8) is 0 Å². The Kier molecular flexibility index (Phi) is 2.10. The standard InChI is InChI=1S/C3H3BrF3/c1-2(4)3(5,6)7/h2H,1H2. The Hall–Kier alpha value is 0.270. The number of hydrogen-bond acceptors (Lipinski definition) is 0. The van der Waals surface area contributed by atoms with E-state index in [1.807, 2.05) is 0 Å². The van der Waals surface area contributed by atoms with Crippen LogP contribution in [0.4, 0.5) is 13.2 Å². The molecule has 43 valence electrons. The molecule has 0 saturated carbocycles. The van der Waals surface area contributed by atoms with Crippen LogP contribution in [-0.2, 0) is 0 Å². The smallest absolute Gasteiger partial charge is 0.170 e. The highest BCUT2D eigenvalue weighted by atomic mass is 79.9. The third-order valence-electron chi connectivity index (χ3n) is 0.355. The molecule has 0 aromatic heterocycles. The zero-order chi connectivity index (χ0) is 6.08. The van der Waals surface area contributed by atoms with Crippen LogP contribution >= 0.6 is 15.9 Å². The van der Waals surface area contributed by atoms with E-state index in [9.17, 15) is 13.2 Å². The monoisotopic (exact) mass is 175 g/mol. The van der Waals surface area contributed by atoms with Gasteiger partial charge in [-0.05, 0) is 6.92 Å². The maximum atomic E-state index is 11.1. The minimum absolute atomic E-state index is 1.64. The molecule has 0 bridgehead atoms. The molecule has 0 nitrogen and oxygen atoms in total. The van der Waals surface area contributed by atoms with Gasteiger partial charge in [0.2, 0.25) is 0 Å². The maximum absolute atomic E-state index is 11.1. The van der Waals surface area contributed by atoms with Crippen LogP contribution in [0.15, 0.2) is 0 Å². The van der Waals surface area contributed by atoms with Crippen molar-refractivity contribution in [1.29, 1.82) is 0 Å². The molecule has 0 rings (SSSR count). The van der Waals surface area contributed by atoms with Gasteiger partial charge in [-0.1, -0.05) is 15.9 Å². The molecule has 0 saturated heterocycles. The fraction of sp³-hybridized carbons (Fsp3) is 0.667. The number of alkyl halides is 4. The van der Waals surface area contributed by atoms with Gasteiger partial charge in [0.05, 0.1) is 0 Å². The van der Waals surface area contributed by atoms with E-state index in [4.69, 9.17) is 0 Å². The normalized spacial score (nSPS) is 16.7. The lowest BCUT2D eigenvalue weighted by Gasteiger charge is -2.05. The van der Waals surface area contributed by atoms with E-state index in [0.717, 1.165) is 0 Å². The van der Waals surface area contributed by atoms with Crippen molar-refractivity contribution in [3.8, 4) is 0 Å². The van der Waals surface area contributed by atoms with Crippen molar-refractivity contribution in [2.24, 2.45) is 0 Å². The summed E-state index contributed by atoms with van der Waals surface area (Å²) in [7, 11) is 0. The molecule has 0 aliphatic rings. The quantitative estimate of drug-likeness (QED) is 0.496. The fourth-order valence-electron chi connectivity index (χ4n) is 0. The van der Waals surface area contributed by atoms with Crippen molar-refractivity contribution in [2.45, 2.75) is 11.0 Å². The molecule has 0 aromatic rings. The largest absolute Gasteiger partial charge is 0.401 e. The van der Waals surface area contributed by atoms with Crippen LogP contribution in [-0.4, -0.2) is 11.0 Å². The van der Waals surface area contributed by atoms with E-state index < -0.39 is 11.0 Å². The molecule has 0 fully saturated rings. The Morgan fingerprint density at radius 1 is 1.43 bits per heavy atom. The van der Waals surface area contributed by atoms with Gasteiger partial charge in [-0.3, -0.25) is 0 Å². The van der Waals surface area contributed by atoms with Gasteiger partial charge in [0.15, 0.2) is 0 Å². The van der Waals surface area contributed by atoms with Gasteiger partial charge >= 0.3 is 6.18 Å². The number of halogens is 4. The van der Waals surface area contributed by atoms with Crippen LogP contribution in [0.25, 0.3) is 0 Å². The molecule has 0 amide bonds. The van der Waals surface area contributed by atoms with E-state index >= 15 is 0 Å². The predicted octanol–water partition coefficient (Wildman–Crippen LogP) is 2.15. The van der Waals surface area contributed by atoms with Crippen LogP contribution in [0, 0.1) is 6.92 Å². The average molecular weight is 176 g/mol. The molecule has 0 N–H and O–H groups in total. The van der Waals surface area contributed by atoms with Crippen molar-refractivity contribution >= 4 is 15.9 Å². The Morgan fingerprint density at radius 3 is 1.57 bits per heavy atom. The second kappa shape index (κ2) is 2.03. The van der Waals surface area contributed by atoms with Crippen molar-refractivity contribution in [1.82, 2.24) is 0 Å². The predicted molar refractivity (Wildman–Crippen MR) is 24.1 cm³/mol. The van der Waals surface area contributed by atoms with E-state index in [1.165, 1.54) is 0 Å². The second-order valence-corrected chi connectivity index (χ2v) is 2.11. The highest BCUT2D eigenvalue weighted by Crippen LogP contribution is 2.24. The van der Waals surface area contributed by atoms with E-state index in [0.29, 0.717) is 0 Å². The topological polar surface area (TPSA) is 0 Å². The van der Waals surface area contributed by atoms with Crippen LogP contribution < -0.4 is 0 Å². The summed E-state index contributed by atoms with van der Waals surface area (Å²) in [5.41, 5.74) is 0. The molecule has 4 heteroatoms. The Labute approximate surface area is 47.8 Å². The molecule has 1 radical (unpaired) electrons. The van der Waals surface area contributed by atoms with Crippen molar-refractivity contribution in [2.75, 3.05) is 0 Å². The summed E-state index contributed by atoms with van der Waals surface area (Å²) >= 11 is 2.26. The first kappa shape index (κ1) is 7.27. The molecule has 0 aliphatic carbocycles. The first-order chi connectivity index (χ1) is 2.94. The molecule has 0 spiro atoms. The van der Waals surface area contributed by atoms with Gasteiger partial charge in [0.1, 0.15) is 4.83 Å². The maximum Gasteiger partial charge on any atom is 0.401 e. The lowest BCUT2D eigenvalue weighted by Crippen LogP contribution is -2.18. The third-order valence-corrected chi connectivity index (χ3v) is 0.874. The molecule has 0 aromatic carbocycles. The first-order valence-corrected chi connectivity index (χ1v) is 2.40. The molecule has 0 aliphatic heterocycles. The minimum atomic E-state index is -4.19. The minimum Gasteiger partial charge on any atom is -0.170 e. The molecule has 1 unspecified atom stereocenters. The van der Waals surface area contributed by atoms with Gasteiger partial charge in [0, 0.05) is 0 Å². The van der Waals surface area contributed by atoms with Gasteiger partial charge in [-0.15, -0.1) is 0 Å². The van der Waals surface area contributed by atoms with Crippen molar-refractivity contribution < 1.29 is 13.2 Å². The summed E-state index contributed by atoms with van der Waals surface area (Å²) in [6.07, 6.45) is -4.19. The first-order valence-electron chi connectivity index (χ1n) is 1.48. The van der Waals surface area contributed by atoms with Crippen LogP contribution in [0.1, 0.15) is 0 Å². The highest BCUT2D eigenvalue weighted by Gasteiger charge is 2.33. The van der Waals surface area contributed by atoms with Crippen LogP contribution in [0.3, 0.4) is 0 Å². The molecule has 7 heavy (non-hydrogen) atoms. The molecular weight excluding hydrogens is 173 g/mol. The number of rotatable bonds is 0. The fourth-order valence-corrected chi connectivity index (χ4v) is 0. The van der Waals surface area contributed by atoms with Crippen LogP contribution in [0.2, 0.25) is 0 Å². The Bertz CT molecular complexity index is 55.7. The Balaban J connectivity index is 3.54. The van der Waals surface area contributed by atoms with Gasteiger partial charge in [0.25, 0.3) is 0 Å². The highest BCUT2D eigenvalue weighted by molar-refractivity contribution is 9.09. The molecule has 1 atom stereocenters. The Morgan fingerprint density at radius 2 is 1.57 bits per heavy atom. The van der Waals surface area contributed by atoms with Gasteiger partial charge < -0.3 is 0 Å². The summed E-state index contributed by atoms with van der Waals surface area (Å²) in [5, 5.41) is 0. The zero-order valence-corrected chi connectivity index (χ0v) is 4.88. The lowest BCUT2D eigenvalue weighted by molar-refractivity contribution is -0.119. The molecule has 0 heterocycles. The average Bonchev–Trinajstić information content (AvgIpc) is 1.31. The van der Waals surface area contributed by atoms with E-state index in [-0.39, 0.29) is 0 Å². The lowest BCUT2D eigenvalue weighted by atomic mass is 10.5. The van der Waals surface area contributed by atoms with Gasteiger partial charge in [-0.2, -0.15) is 13.2 Å². The van der Waals surface area contributed by atoms with E-state index in [1.54, 1.807) is 0 Å². The second-order valence-electron chi connectivity index (χ2n) is 1.01. The summed E-state index contributed by atoms with van der Waals surface area (Å²) < 4.78 is 33.2. The summed E-state index contributed by atoms with van der Waals surface area (Å²) in [6.45, 7) is 2.70. The zero-order valence-electron chi connectivity index (χ0n) is 3.30. The van der Waals surface area contributed by atoms with Gasteiger partial charge in [-0.25, -0.2) is 0 Å². The summed E-state index contributed by atoms with van der Waals surface area (Å²) in [5.74, 6) is 0. The summed E-state index contributed by atoms with van der Waals surface area (Å²) in [4.78, 5) is -1.64. The number of hydrogen-bond donors (Lipinski definition) is 0. The SMILES string of the molecule is [CH2]C(Br)C(F)(F)F.